The molecule has 27 heavy (non-hydrogen) atoms. The van der Waals surface area contributed by atoms with Gasteiger partial charge < -0.3 is 14.6 Å². The predicted molar refractivity (Wildman–Crippen MR) is 107 cm³/mol. The fraction of sp³-hybridized carbons (Fsp3) is 0.450. The second kappa shape index (κ2) is 7.50. The summed E-state index contributed by atoms with van der Waals surface area (Å²) in [5.41, 5.74) is 5.64. The van der Waals surface area contributed by atoms with E-state index in [1.165, 1.54) is 0 Å². The van der Waals surface area contributed by atoms with Crippen molar-refractivity contribution in [2.45, 2.75) is 39.7 Å². The molecule has 0 amide bonds. The van der Waals surface area contributed by atoms with Gasteiger partial charge in [-0.25, -0.2) is 4.79 Å². The minimum atomic E-state index is -0.899. The molecule has 0 atom stereocenters. The number of hydrogen-bond donors (Lipinski definition) is 3. The molecule has 0 saturated heterocycles. The van der Waals surface area contributed by atoms with E-state index in [0.29, 0.717) is 23.6 Å². The van der Waals surface area contributed by atoms with Crippen molar-refractivity contribution in [2.75, 3.05) is 14.2 Å². The van der Waals surface area contributed by atoms with Crippen LogP contribution in [0, 0.1) is 5.41 Å². The second-order valence-electron chi connectivity index (χ2n) is 7.60. The Kier molecular flexibility index (Phi) is 5.46. The van der Waals surface area contributed by atoms with Crippen LogP contribution in [-0.4, -0.2) is 25.3 Å². The molecule has 1 aromatic carbocycles. The van der Waals surface area contributed by atoms with Crippen molar-refractivity contribution in [3.63, 3.8) is 0 Å². The first-order valence-corrected chi connectivity index (χ1v) is 9.69. The Morgan fingerprint density at radius 2 is 2.07 bits per heavy atom. The maximum absolute atomic E-state index is 12.2. The molecule has 146 valence electrons. The van der Waals surface area contributed by atoms with E-state index in [0.717, 1.165) is 45.7 Å². The van der Waals surface area contributed by atoms with E-state index in [-0.39, 0.29) is 5.41 Å². The molecule has 4 N–H and O–H groups in total. The Labute approximate surface area is 163 Å². The van der Waals surface area contributed by atoms with Crippen LogP contribution in [0.4, 0.5) is 0 Å². The average molecular weight is 391 g/mol. The number of aryl methyl sites for hydroxylation is 1. The molecule has 6 nitrogen and oxygen atoms in total. The Hall–Kier alpha value is -2.09. The van der Waals surface area contributed by atoms with Gasteiger partial charge in [-0.2, -0.15) is 0 Å². The van der Waals surface area contributed by atoms with Crippen LogP contribution < -0.4 is 20.7 Å². The fourth-order valence-electron chi connectivity index (χ4n) is 3.76. The van der Waals surface area contributed by atoms with E-state index in [9.17, 15) is 9.90 Å². The van der Waals surface area contributed by atoms with Gasteiger partial charge in [-0.3, -0.25) is 11.3 Å². The summed E-state index contributed by atoms with van der Waals surface area (Å²) in [5.74, 6) is 5.87. The van der Waals surface area contributed by atoms with Crippen molar-refractivity contribution in [3.05, 3.63) is 33.7 Å². The summed E-state index contributed by atoms with van der Waals surface area (Å²) in [5, 5.41) is 10.0. The number of hydrazine groups is 1. The molecule has 1 aromatic heterocycles. The average Bonchev–Trinajstić information content (AvgIpc) is 2.98. The molecule has 0 spiro atoms. The third-order valence-electron chi connectivity index (χ3n) is 5.11. The number of nitrogens with one attached hydrogen (secondary N) is 1. The van der Waals surface area contributed by atoms with Crippen LogP contribution in [0.2, 0.25) is 0 Å². The SMILES string of the molecule is COc1cc(CNN)c(OC)c(-c2sc3c(c2C(=O)O)CC(C)(C)CC3)c1. The van der Waals surface area contributed by atoms with Gasteiger partial charge in [-0.15, -0.1) is 11.3 Å². The number of carbonyl (C=O) groups is 1. The zero-order valence-corrected chi connectivity index (χ0v) is 17.0. The lowest BCUT2D eigenvalue weighted by Crippen LogP contribution is -2.22. The quantitative estimate of drug-likeness (QED) is 0.515. The first kappa shape index (κ1) is 19.7. The molecule has 0 unspecified atom stereocenters. The van der Waals surface area contributed by atoms with E-state index in [1.807, 2.05) is 12.1 Å². The topological polar surface area (TPSA) is 93.8 Å². The number of methoxy groups -OCH3 is 2. The predicted octanol–water partition coefficient (Wildman–Crippen LogP) is 3.61. The Morgan fingerprint density at radius 1 is 1.33 bits per heavy atom. The molecule has 3 rings (SSSR count). The molecule has 0 bridgehead atoms. The van der Waals surface area contributed by atoms with Gasteiger partial charge in [0, 0.05) is 22.5 Å². The van der Waals surface area contributed by atoms with Crippen LogP contribution in [-0.2, 0) is 19.4 Å². The number of benzene rings is 1. The summed E-state index contributed by atoms with van der Waals surface area (Å²) < 4.78 is 11.1. The molecule has 2 aromatic rings. The van der Waals surface area contributed by atoms with Gasteiger partial charge in [0.2, 0.25) is 0 Å². The van der Waals surface area contributed by atoms with E-state index in [4.69, 9.17) is 15.3 Å². The summed E-state index contributed by atoms with van der Waals surface area (Å²) in [6, 6.07) is 3.69. The lowest BCUT2D eigenvalue weighted by Gasteiger charge is -2.29. The Bertz CT molecular complexity index is 873. The van der Waals surface area contributed by atoms with E-state index in [2.05, 4.69) is 19.3 Å². The number of rotatable bonds is 6. The van der Waals surface area contributed by atoms with Crippen LogP contribution in [0.5, 0.6) is 11.5 Å². The highest BCUT2D eigenvalue weighted by Crippen LogP contribution is 2.48. The van der Waals surface area contributed by atoms with Crippen LogP contribution in [0.3, 0.4) is 0 Å². The number of ether oxygens (including phenoxy) is 2. The highest BCUT2D eigenvalue weighted by molar-refractivity contribution is 7.16. The molecule has 1 heterocycles. The number of carboxylic acids is 1. The second-order valence-corrected chi connectivity index (χ2v) is 8.71. The largest absolute Gasteiger partial charge is 0.497 e. The highest BCUT2D eigenvalue weighted by atomic mass is 32.1. The standard InChI is InChI=1S/C20H26N2O4S/c1-20(2)6-5-15-14(9-20)16(19(23)24)18(27-15)13-8-12(25-3)7-11(10-22-21)17(13)26-4/h7-8,22H,5-6,9-10,21H2,1-4H3,(H,23,24). The summed E-state index contributed by atoms with van der Waals surface area (Å²) >= 11 is 1.55. The monoisotopic (exact) mass is 390 g/mol. The van der Waals surface area contributed by atoms with Crippen molar-refractivity contribution in [3.8, 4) is 21.9 Å². The van der Waals surface area contributed by atoms with Crippen molar-refractivity contribution >= 4 is 17.3 Å². The van der Waals surface area contributed by atoms with Gasteiger partial charge in [0.05, 0.1) is 24.7 Å². The van der Waals surface area contributed by atoms with Gasteiger partial charge in [0.1, 0.15) is 11.5 Å². The molecule has 0 radical (unpaired) electrons. The van der Waals surface area contributed by atoms with Gasteiger partial charge in [0.15, 0.2) is 0 Å². The number of thiophene rings is 1. The first-order chi connectivity index (χ1) is 12.8. The van der Waals surface area contributed by atoms with Crippen LogP contribution in [0.1, 0.15) is 46.6 Å². The normalized spacial score (nSPS) is 15.3. The van der Waals surface area contributed by atoms with Crippen LogP contribution >= 0.6 is 11.3 Å². The van der Waals surface area contributed by atoms with Crippen molar-refractivity contribution in [1.29, 1.82) is 0 Å². The van der Waals surface area contributed by atoms with Crippen molar-refractivity contribution in [2.24, 2.45) is 11.3 Å². The highest BCUT2D eigenvalue weighted by Gasteiger charge is 2.34. The summed E-state index contributed by atoms with van der Waals surface area (Å²) in [4.78, 5) is 14.1. The molecular weight excluding hydrogens is 364 g/mol. The van der Waals surface area contributed by atoms with E-state index >= 15 is 0 Å². The first-order valence-electron chi connectivity index (χ1n) is 8.88. The minimum Gasteiger partial charge on any atom is -0.497 e. The van der Waals surface area contributed by atoms with Gasteiger partial charge in [-0.05, 0) is 42.4 Å². The molecule has 0 aliphatic heterocycles. The maximum Gasteiger partial charge on any atom is 0.337 e. The number of aromatic carboxylic acids is 1. The van der Waals surface area contributed by atoms with Gasteiger partial charge in [0.25, 0.3) is 0 Å². The zero-order valence-electron chi connectivity index (χ0n) is 16.1. The number of nitrogens with two attached hydrogens (primary N) is 1. The third kappa shape index (κ3) is 3.67. The van der Waals surface area contributed by atoms with Crippen LogP contribution in [0.15, 0.2) is 12.1 Å². The molecule has 7 heteroatoms. The Morgan fingerprint density at radius 3 is 2.67 bits per heavy atom. The van der Waals surface area contributed by atoms with Crippen LogP contribution in [0.25, 0.3) is 10.4 Å². The molecule has 1 aliphatic carbocycles. The summed E-state index contributed by atoms with van der Waals surface area (Å²) in [6.45, 7) is 4.76. The Balaban J connectivity index is 2.27. The van der Waals surface area contributed by atoms with E-state index in [1.54, 1.807) is 25.6 Å². The molecule has 0 saturated carbocycles. The number of hydrogen-bond acceptors (Lipinski definition) is 6. The lowest BCUT2D eigenvalue weighted by molar-refractivity contribution is 0.0696. The number of carboxylic acid groups (broad SMARTS) is 1. The molecule has 0 fully saturated rings. The maximum atomic E-state index is 12.2. The summed E-state index contributed by atoms with van der Waals surface area (Å²) in [6.07, 6.45) is 2.72. The molecular formula is C20H26N2O4S. The smallest absolute Gasteiger partial charge is 0.337 e. The third-order valence-corrected chi connectivity index (χ3v) is 6.43. The van der Waals surface area contributed by atoms with Crippen molar-refractivity contribution < 1.29 is 19.4 Å². The molecule has 1 aliphatic rings. The van der Waals surface area contributed by atoms with E-state index < -0.39 is 5.97 Å². The number of fused-ring (bicyclic) bond motifs is 1. The zero-order chi connectivity index (χ0) is 19.8. The summed E-state index contributed by atoms with van der Waals surface area (Å²) in [7, 11) is 3.17. The lowest BCUT2D eigenvalue weighted by atomic mass is 9.76. The van der Waals surface area contributed by atoms with Crippen molar-refractivity contribution in [1.82, 2.24) is 5.43 Å². The minimum absolute atomic E-state index is 0.0998. The van der Waals surface area contributed by atoms with Gasteiger partial charge >= 0.3 is 5.97 Å². The van der Waals surface area contributed by atoms with Gasteiger partial charge in [-0.1, -0.05) is 13.8 Å². The fourth-order valence-corrected chi connectivity index (χ4v) is 5.09.